The van der Waals surface area contributed by atoms with Gasteiger partial charge in [-0.05, 0) is 25.1 Å². The SMILES string of the molecule is C=C(C(=O)OCC)C(C=C(Cl)NC)=Nc1cccc(C(N)=NC=N)c1OC. The highest BCUT2D eigenvalue weighted by molar-refractivity contribution is 6.34. The molecule has 0 unspecified atom stereocenters. The Balaban J connectivity index is 3.57. The summed E-state index contributed by atoms with van der Waals surface area (Å²) in [6, 6.07) is 5.03. The molecule has 4 N–H and O–H groups in total. The Morgan fingerprint density at radius 2 is 2.19 bits per heavy atom. The van der Waals surface area contributed by atoms with Crippen molar-refractivity contribution in [2.24, 2.45) is 15.7 Å². The molecule has 9 heteroatoms. The third kappa shape index (κ3) is 5.96. The number of aliphatic imine (C=N–C) groups is 2. The van der Waals surface area contributed by atoms with E-state index in [0.29, 0.717) is 17.0 Å². The van der Waals surface area contributed by atoms with Crippen LogP contribution in [0.15, 0.2) is 51.6 Å². The van der Waals surface area contributed by atoms with Crippen LogP contribution in [0.5, 0.6) is 5.75 Å². The number of esters is 1. The Kier molecular flexibility index (Phi) is 8.74. The normalized spacial score (nSPS) is 12.4. The average molecular weight is 392 g/mol. The van der Waals surface area contributed by atoms with Crippen molar-refractivity contribution in [3.05, 3.63) is 47.1 Å². The van der Waals surface area contributed by atoms with Crippen LogP contribution in [0, 0.1) is 5.41 Å². The maximum Gasteiger partial charge on any atom is 0.339 e. The molecule has 0 saturated heterocycles. The predicted octanol–water partition coefficient (Wildman–Crippen LogP) is 2.50. The van der Waals surface area contributed by atoms with Gasteiger partial charge in [-0.15, -0.1) is 0 Å². The van der Waals surface area contributed by atoms with E-state index < -0.39 is 5.97 Å². The van der Waals surface area contributed by atoms with E-state index in [2.05, 4.69) is 21.9 Å². The van der Waals surface area contributed by atoms with E-state index in [4.69, 9.17) is 32.2 Å². The van der Waals surface area contributed by atoms with Gasteiger partial charge in [-0.2, -0.15) is 0 Å². The summed E-state index contributed by atoms with van der Waals surface area (Å²) in [6.07, 6.45) is 2.27. The van der Waals surface area contributed by atoms with Gasteiger partial charge in [0.2, 0.25) is 0 Å². The Bertz CT molecular complexity index is 815. The standard InChI is InChI=1S/C18H22ClN5O3/c1-5-27-18(25)11(2)14(9-15(19)22-3)24-13-8-6-7-12(16(13)26-4)17(21)23-10-20/h6-10,22H,2,5H2,1,3-4H3,(H3,20,21,23). The van der Waals surface area contributed by atoms with Gasteiger partial charge in [0, 0.05) is 7.05 Å². The number of carbonyl (C=O) groups excluding carboxylic acids is 1. The second kappa shape index (κ2) is 10.8. The van der Waals surface area contributed by atoms with Crippen molar-refractivity contribution in [1.29, 1.82) is 5.41 Å². The molecule has 0 aromatic heterocycles. The zero-order valence-electron chi connectivity index (χ0n) is 15.4. The molecule has 0 aliphatic rings. The Labute approximate surface area is 162 Å². The number of hydrogen-bond donors (Lipinski definition) is 3. The molecule has 0 aliphatic carbocycles. The Morgan fingerprint density at radius 3 is 2.74 bits per heavy atom. The lowest BCUT2D eigenvalue weighted by atomic mass is 10.1. The number of amidine groups is 1. The van der Waals surface area contributed by atoms with Crippen LogP contribution in [-0.2, 0) is 9.53 Å². The van der Waals surface area contributed by atoms with E-state index in [1.807, 2.05) is 0 Å². The minimum atomic E-state index is -0.618. The quantitative estimate of drug-likeness (QED) is 0.196. The first-order chi connectivity index (χ1) is 12.9. The molecule has 0 radical (unpaired) electrons. The number of nitrogens with two attached hydrogens (primary N) is 1. The van der Waals surface area contributed by atoms with Gasteiger partial charge in [-0.25, -0.2) is 14.8 Å². The van der Waals surface area contributed by atoms with Gasteiger partial charge < -0.3 is 20.5 Å². The van der Waals surface area contributed by atoms with Gasteiger partial charge in [-0.1, -0.05) is 24.2 Å². The summed E-state index contributed by atoms with van der Waals surface area (Å²) >= 11 is 6.03. The number of methoxy groups -OCH3 is 1. The Hall–Kier alpha value is -3.13. The molecular formula is C18H22ClN5O3. The van der Waals surface area contributed by atoms with Crippen LogP contribution in [0.3, 0.4) is 0 Å². The lowest BCUT2D eigenvalue weighted by molar-refractivity contribution is -0.137. The summed E-state index contributed by atoms with van der Waals surface area (Å²) in [5, 5.41) is 10.1. The summed E-state index contributed by atoms with van der Waals surface area (Å²) in [5.41, 5.74) is 6.90. The first-order valence-electron chi connectivity index (χ1n) is 7.89. The molecule has 1 rings (SSSR count). The molecule has 0 fully saturated rings. The number of carbonyl (C=O) groups is 1. The molecule has 0 saturated carbocycles. The molecule has 8 nitrogen and oxygen atoms in total. The summed E-state index contributed by atoms with van der Waals surface area (Å²) in [5.74, 6) is -0.203. The van der Waals surface area contributed by atoms with Crippen LogP contribution >= 0.6 is 11.6 Å². The van der Waals surface area contributed by atoms with E-state index in [0.717, 1.165) is 6.34 Å². The monoisotopic (exact) mass is 391 g/mol. The predicted molar refractivity (Wildman–Crippen MR) is 108 cm³/mol. The molecule has 27 heavy (non-hydrogen) atoms. The van der Waals surface area contributed by atoms with Crippen molar-refractivity contribution >= 4 is 41.1 Å². The topological polar surface area (TPSA) is 122 Å². The van der Waals surface area contributed by atoms with Gasteiger partial charge in [0.25, 0.3) is 0 Å². The highest BCUT2D eigenvalue weighted by Crippen LogP contribution is 2.32. The molecule has 0 amide bonds. The first kappa shape index (κ1) is 21.9. The fourth-order valence-electron chi connectivity index (χ4n) is 2.00. The Morgan fingerprint density at radius 1 is 1.48 bits per heavy atom. The second-order valence-corrected chi connectivity index (χ2v) is 5.35. The van der Waals surface area contributed by atoms with Crippen molar-refractivity contribution < 1.29 is 14.3 Å². The maximum atomic E-state index is 12.1. The average Bonchev–Trinajstić information content (AvgIpc) is 2.66. The van der Waals surface area contributed by atoms with Gasteiger partial charge in [0.1, 0.15) is 23.0 Å². The van der Waals surface area contributed by atoms with Crippen molar-refractivity contribution in [3.63, 3.8) is 0 Å². The van der Waals surface area contributed by atoms with Crippen molar-refractivity contribution in [2.75, 3.05) is 20.8 Å². The molecule has 0 bridgehead atoms. The lowest BCUT2D eigenvalue weighted by Crippen LogP contribution is -2.16. The molecule has 0 spiro atoms. The molecule has 0 aliphatic heterocycles. The van der Waals surface area contributed by atoms with Gasteiger partial charge >= 0.3 is 5.97 Å². The fourth-order valence-corrected chi connectivity index (χ4v) is 2.10. The lowest BCUT2D eigenvalue weighted by Gasteiger charge is -2.12. The third-order valence-electron chi connectivity index (χ3n) is 3.25. The van der Waals surface area contributed by atoms with E-state index in [9.17, 15) is 4.79 Å². The summed E-state index contributed by atoms with van der Waals surface area (Å²) < 4.78 is 10.4. The highest BCUT2D eigenvalue weighted by Gasteiger charge is 2.17. The summed E-state index contributed by atoms with van der Waals surface area (Å²) in [4.78, 5) is 20.3. The van der Waals surface area contributed by atoms with E-state index in [-0.39, 0.29) is 28.9 Å². The number of halogens is 1. The largest absolute Gasteiger partial charge is 0.494 e. The van der Waals surface area contributed by atoms with E-state index in [1.165, 1.54) is 13.2 Å². The van der Waals surface area contributed by atoms with Gasteiger partial charge in [0.05, 0.1) is 30.6 Å². The molecule has 1 aromatic carbocycles. The minimum Gasteiger partial charge on any atom is -0.494 e. The minimum absolute atomic E-state index is 0.0267. The van der Waals surface area contributed by atoms with E-state index >= 15 is 0 Å². The van der Waals surface area contributed by atoms with Gasteiger partial charge in [0.15, 0.2) is 5.75 Å². The maximum absolute atomic E-state index is 12.1. The van der Waals surface area contributed by atoms with Crippen LogP contribution in [0.1, 0.15) is 12.5 Å². The van der Waals surface area contributed by atoms with Crippen LogP contribution in [-0.4, -0.2) is 44.6 Å². The molecule has 0 atom stereocenters. The molecule has 0 heterocycles. The van der Waals surface area contributed by atoms with E-state index in [1.54, 1.807) is 32.2 Å². The third-order valence-corrected chi connectivity index (χ3v) is 3.55. The number of nitrogens with one attached hydrogen (secondary N) is 2. The molecule has 1 aromatic rings. The molecular weight excluding hydrogens is 370 g/mol. The first-order valence-corrected chi connectivity index (χ1v) is 8.26. The molecule has 144 valence electrons. The fraction of sp³-hybridized carbons (Fsp3) is 0.222. The summed E-state index contributed by atoms with van der Waals surface area (Å²) in [6.45, 7) is 5.63. The number of para-hydroxylation sites is 1. The zero-order valence-corrected chi connectivity index (χ0v) is 16.1. The van der Waals surface area contributed by atoms with Gasteiger partial charge in [-0.3, -0.25) is 5.41 Å². The second-order valence-electron chi connectivity index (χ2n) is 4.94. The smallest absolute Gasteiger partial charge is 0.339 e. The summed E-state index contributed by atoms with van der Waals surface area (Å²) in [7, 11) is 3.07. The van der Waals surface area contributed by atoms with Crippen LogP contribution in [0.4, 0.5) is 5.69 Å². The number of hydrogen-bond acceptors (Lipinski definition) is 6. The zero-order chi connectivity index (χ0) is 20.4. The van der Waals surface area contributed by atoms with Crippen LogP contribution in [0.2, 0.25) is 0 Å². The number of rotatable bonds is 9. The van der Waals surface area contributed by atoms with Crippen LogP contribution < -0.4 is 15.8 Å². The highest BCUT2D eigenvalue weighted by atomic mass is 35.5. The number of benzene rings is 1. The van der Waals surface area contributed by atoms with Crippen LogP contribution in [0.25, 0.3) is 0 Å². The van der Waals surface area contributed by atoms with Crippen molar-refractivity contribution in [2.45, 2.75) is 6.92 Å². The number of ether oxygens (including phenoxy) is 2. The van der Waals surface area contributed by atoms with Crippen molar-refractivity contribution in [1.82, 2.24) is 5.32 Å². The van der Waals surface area contributed by atoms with Crippen molar-refractivity contribution in [3.8, 4) is 5.75 Å². The number of allylic oxidation sites excluding steroid dienone is 1. The number of nitrogens with zero attached hydrogens (tertiary/aromatic N) is 2.